The SMILES string of the molecule is CCNC(=O)C(C)(C)/C=C/n1ncc(C(=O)N[C@H]2C3CC4CC2C[C@](NC(C)=O)(C4)C3)c1SC(C)C. The summed E-state index contributed by atoms with van der Waals surface area (Å²) in [7, 11) is 0. The molecule has 2 unspecified atom stereocenters. The maximum atomic E-state index is 13.6. The van der Waals surface area contributed by atoms with Gasteiger partial charge in [0.15, 0.2) is 0 Å². The number of thioether (sulfide) groups is 1. The lowest BCUT2D eigenvalue weighted by atomic mass is 9.51. The standard InChI is InChI=1S/C27H41N5O3S/c1-7-28-25(35)26(5,6)8-9-32-24(36-16(2)3)21(15-29-32)23(34)30-22-19-10-18-11-20(22)14-27(12-18,13-19)31-17(4)33/h8-9,15-16,18-20,22H,7,10-14H2,1-6H3,(H,28,35)(H,30,34)(H,31,33)/b9-8+/t18?,19?,20?,22-,27-. The third kappa shape index (κ3) is 5.50. The van der Waals surface area contributed by atoms with Crippen LogP contribution in [-0.2, 0) is 9.59 Å². The van der Waals surface area contributed by atoms with Crippen molar-refractivity contribution in [1.82, 2.24) is 25.7 Å². The van der Waals surface area contributed by atoms with E-state index in [9.17, 15) is 14.4 Å². The smallest absolute Gasteiger partial charge is 0.255 e. The van der Waals surface area contributed by atoms with E-state index in [0.717, 1.165) is 37.1 Å². The lowest BCUT2D eigenvalue weighted by molar-refractivity contribution is -0.127. The Morgan fingerprint density at radius 2 is 1.89 bits per heavy atom. The van der Waals surface area contributed by atoms with E-state index in [2.05, 4.69) is 34.9 Å². The molecule has 2 atom stereocenters. The van der Waals surface area contributed by atoms with Gasteiger partial charge in [-0.1, -0.05) is 19.9 Å². The van der Waals surface area contributed by atoms with Gasteiger partial charge in [0, 0.05) is 36.5 Å². The van der Waals surface area contributed by atoms with Gasteiger partial charge in [0.2, 0.25) is 11.8 Å². The lowest BCUT2D eigenvalue weighted by Gasteiger charge is -2.60. The van der Waals surface area contributed by atoms with Crippen LogP contribution in [0.25, 0.3) is 6.20 Å². The molecule has 4 aliphatic carbocycles. The molecule has 4 fully saturated rings. The lowest BCUT2D eigenvalue weighted by Crippen LogP contribution is -2.66. The highest BCUT2D eigenvalue weighted by atomic mass is 32.2. The number of rotatable bonds is 9. The molecule has 9 heteroatoms. The number of hydrogen-bond acceptors (Lipinski definition) is 5. The molecule has 8 nitrogen and oxygen atoms in total. The Bertz CT molecular complexity index is 1030. The Kier molecular flexibility index (Phi) is 7.60. The van der Waals surface area contributed by atoms with Crippen LogP contribution in [0, 0.1) is 23.2 Å². The summed E-state index contributed by atoms with van der Waals surface area (Å²) in [6.45, 7) is 12.0. The molecule has 0 radical (unpaired) electrons. The Hall–Kier alpha value is -2.29. The summed E-state index contributed by atoms with van der Waals surface area (Å²) < 4.78 is 1.71. The van der Waals surface area contributed by atoms with Crippen molar-refractivity contribution < 1.29 is 14.4 Å². The molecule has 3 N–H and O–H groups in total. The van der Waals surface area contributed by atoms with Gasteiger partial charge in [-0.15, -0.1) is 11.8 Å². The highest BCUT2D eigenvalue weighted by Crippen LogP contribution is 2.55. The molecule has 5 rings (SSSR count). The van der Waals surface area contributed by atoms with Gasteiger partial charge in [-0.3, -0.25) is 14.4 Å². The van der Waals surface area contributed by atoms with Gasteiger partial charge >= 0.3 is 0 Å². The fourth-order valence-electron chi connectivity index (χ4n) is 6.69. The third-order valence-electron chi connectivity index (χ3n) is 7.91. The van der Waals surface area contributed by atoms with Crippen LogP contribution in [-0.4, -0.2) is 50.9 Å². The summed E-state index contributed by atoms with van der Waals surface area (Å²) in [5.41, 5.74) is -0.220. The zero-order valence-corrected chi connectivity index (χ0v) is 23.2. The molecule has 0 saturated heterocycles. The van der Waals surface area contributed by atoms with E-state index >= 15 is 0 Å². The Morgan fingerprint density at radius 3 is 2.47 bits per heavy atom. The molecule has 36 heavy (non-hydrogen) atoms. The number of carbonyl (C=O) groups excluding carboxylic acids is 3. The molecular formula is C27H41N5O3S. The highest BCUT2D eigenvalue weighted by molar-refractivity contribution is 7.99. The van der Waals surface area contributed by atoms with Crippen LogP contribution in [0.3, 0.4) is 0 Å². The van der Waals surface area contributed by atoms with Crippen molar-refractivity contribution in [3.8, 4) is 0 Å². The second-order valence-corrected chi connectivity index (χ2v) is 13.4. The first-order chi connectivity index (χ1) is 16.9. The molecule has 0 aliphatic heterocycles. The molecule has 4 saturated carbocycles. The fourth-order valence-corrected chi connectivity index (χ4v) is 7.63. The summed E-state index contributed by atoms with van der Waals surface area (Å²) in [5.74, 6) is 1.32. The molecule has 1 heterocycles. The molecule has 1 aromatic heterocycles. The van der Waals surface area contributed by atoms with Crippen LogP contribution in [0.2, 0.25) is 0 Å². The average molecular weight is 516 g/mol. The first-order valence-corrected chi connectivity index (χ1v) is 14.1. The molecule has 0 spiro atoms. The van der Waals surface area contributed by atoms with Gasteiger partial charge in [0.05, 0.1) is 17.2 Å². The second-order valence-electron chi connectivity index (χ2n) is 11.8. The minimum Gasteiger partial charge on any atom is -0.356 e. The van der Waals surface area contributed by atoms with Crippen molar-refractivity contribution in [2.24, 2.45) is 23.2 Å². The van der Waals surface area contributed by atoms with E-state index in [1.807, 2.05) is 26.8 Å². The minimum absolute atomic E-state index is 0.0451. The number of amides is 3. The first kappa shape index (κ1) is 26.8. The quantitative estimate of drug-likeness (QED) is 0.434. The molecular weight excluding hydrogens is 474 g/mol. The summed E-state index contributed by atoms with van der Waals surface area (Å²) in [6, 6.07) is 0.128. The average Bonchev–Trinajstić information content (AvgIpc) is 3.15. The van der Waals surface area contributed by atoms with E-state index in [1.54, 1.807) is 35.8 Å². The van der Waals surface area contributed by atoms with Gasteiger partial charge in [-0.05, 0) is 70.6 Å². The van der Waals surface area contributed by atoms with E-state index in [1.165, 1.54) is 0 Å². The largest absolute Gasteiger partial charge is 0.356 e. The maximum absolute atomic E-state index is 13.6. The number of hydrogen-bond donors (Lipinski definition) is 3. The molecule has 3 amide bonds. The summed E-state index contributed by atoms with van der Waals surface area (Å²) in [6.07, 6.45) is 10.4. The molecule has 198 valence electrons. The number of nitrogens with one attached hydrogen (secondary N) is 3. The van der Waals surface area contributed by atoms with Crippen molar-refractivity contribution >= 4 is 35.7 Å². The van der Waals surface area contributed by atoms with Crippen molar-refractivity contribution in [2.45, 2.75) is 95.5 Å². The van der Waals surface area contributed by atoms with Crippen LogP contribution in [0.1, 0.15) is 84.0 Å². The molecule has 4 bridgehead atoms. The van der Waals surface area contributed by atoms with Gasteiger partial charge in [-0.25, -0.2) is 4.68 Å². The van der Waals surface area contributed by atoms with Crippen LogP contribution in [0.5, 0.6) is 0 Å². The van der Waals surface area contributed by atoms with Crippen LogP contribution < -0.4 is 16.0 Å². The van der Waals surface area contributed by atoms with Crippen LogP contribution >= 0.6 is 11.8 Å². The van der Waals surface area contributed by atoms with Gasteiger partial charge in [-0.2, -0.15) is 5.10 Å². The van der Waals surface area contributed by atoms with Gasteiger partial charge < -0.3 is 16.0 Å². The second kappa shape index (κ2) is 10.2. The van der Waals surface area contributed by atoms with Crippen molar-refractivity contribution in [3.05, 3.63) is 17.8 Å². The zero-order chi connectivity index (χ0) is 26.3. The topological polar surface area (TPSA) is 105 Å². The summed E-state index contributed by atoms with van der Waals surface area (Å²) in [4.78, 5) is 37.8. The monoisotopic (exact) mass is 515 g/mol. The predicted molar refractivity (Wildman–Crippen MR) is 142 cm³/mol. The van der Waals surface area contributed by atoms with E-state index in [4.69, 9.17) is 0 Å². The number of carbonyl (C=O) groups is 3. The molecule has 1 aromatic rings. The van der Waals surface area contributed by atoms with Crippen LogP contribution in [0.15, 0.2) is 17.3 Å². The molecule has 0 aromatic carbocycles. The summed E-state index contributed by atoms with van der Waals surface area (Å²) >= 11 is 1.59. The predicted octanol–water partition coefficient (Wildman–Crippen LogP) is 3.83. The van der Waals surface area contributed by atoms with E-state index in [0.29, 0.717) is 29.9 Å². The van der Waals surface area contributed by atoms with Crippen molar-refractivity contribution in [3.63, 3.8) is 0 Å². The minimum atomic E-state index is -0.700. The number of nitrogens with zero attached hydrogens (tertiary/aromatic N) is 2. The Balaban J connectivity index is 1.52. The fraction of sp³-hybridized carbons (Fsp3) is 0.704. The van der Waals surface area contributed by atoms with E-state index < -0.39 is 5.41 Å². The normalized spacial score (nSPS) is 29.1. The highest BCUT2D eigenvalue weighted by Gasteiger charge is 2.56. The third-order valence-corrected chi connectivity index (χ3v) is 9.01. The van der Waals surface area contributed by atoms with E-state index in [-0.39, 0.29) is 34.6 Å². The molecule has 4 aliphatic rings. The Labute approximate surface area is 218 Å². The summed E-state index contributed by atoms with van der Waals surface area (Å²) in [5, 5.41) is 15.0. The Morgan fingerprint density at radius 1 is 1.22 bits per heavy atom. The number of aromatic nitrogens is 2. The zero-order valence-electron chi connectivity index (χ0n) is 22.4. The van der Waals surface area contributed by atoms with Crippen molar-refractivity contribution in [1.29, 1.82) is 0 Å². The van der Waals surface area contributed by atoms with Gasteiger partial charge in [0.1, 0.15) is 5.03 Å². The van der Waals surface area contributed by atoms with Crippen LogP contribution in [0.4, 0.5) is 0 Å². The maximum Gasteiger partial charge on any atom is 0.255 e. The van der Waals surface area contributed by atoms with Gasteiger partial charge in [0.25, 0.3) is 5.91 Å². The first-order valence-electron chi connectivity index (χ1n) is 13.2. The van der Waals surface area contributed by atoms with Crippen molar-refractivity contribution in [2.75, 3.05) is 6.54 Å².